The van der Waals surface area contributed by atoms with Gasteiger partial charge in [-0.3, -0.25) is 0 Å². The van der Waals surface area contributed by atoms with Crippen LogP contribution in [0.1, 0.15) is 22.7 Å². The van der Waals surface area contributed by atoms with Crippen LogP contribution in [0.25, 0.3) is 0 Å². The van der Waals surface area contributed by atoms with E-state index in [1.165, 1.54) is 16.8 Å². The minimum atomic E-state index is 0.220. The Morgan fingerprint density at radius 1 is 0.800 bits per heavy atom. The summed E-state index contributed by atoms with van der Waals surface area (Å²) in [4.78, 5) is 3.33. The van der Waals surface area contributed by atoms with E-state index < -0.39 is 0 Å². The predicted octanol–water partition coefficient (Wildman–Crippen LogP) is 4.20. The Balaban J connectivity index is 2.05. The third-order valence-corrected chi connectivity index (χ3v) is 3.52. The van der Waals surface area contributed by atoms with Crippen LogP contribution < -0.4 is 4.74 Å². The minimum Gasteiger partial charge on any atom is -0.497 e. The van der Waals surface area contributed by atoms with Crippen LogP contribution in [0, 0.1) is 0 Å². The quantitative estimate of drug-likeness (QED) is 0.749. The summed E-state index contributed by atoms with van der Waals surface area (Å²) in [7, 11) is 1.69. The van der Waals surface area contributed by atoms with Crippen molar-refractivity contribution in [2.75, 3.05) is 7.11 Å². The molecule has 0 radical (unpaired) electrons. The van der Waals surface area contributed by atoms with Gasteiger partial charge in [-0.05, 0) is 35.4 Å². The topological polar surface area (TPSA) is 25.0 Å². The number of aromatic nitrogens is 1. The third kappa shape index (κ3) is 2.45. The Bertz CT molecular complexity index is 642. The molecule has 0 aliphatic rings. The fourth-order valence-corrected chi connectivity index (χ4v) is 2.52. The molecule has 1 atom stereocenters. The maximum Gasteiger partial charge on any atom is 0.118 e. The second-order valence-electron chi connectivity index (χ2n) is 4.74. The Kier molecular flexibility index (Phi) is 3.55. The third-order valence-electron chi connectivity index (χ3n) is 3.52. The lowest BCUT2D eigenvalue weighted by molar-refractivity contribution is 0.414. The van der Waals surface area contributed by atoms with E-state index in [9.17, 15) is 0 Å². The molecular formula is C18H17NO. The monoisotopic (exact) mass is 263 g/mol. The number of H-pyrrole nitrogens is 1. The van der Waals surface area contributed by atoms with Gasteiger partial charge in [0.1, 0.15) is 5.75 Å². The standard InChI is InChI=1S/C18H17NO/c1-20-16-11-9-15(10-12-16)18(17-8-5-13-19-17)14-6-3-2-4-7-14/h2-13,18-19H,1H3/t18-/m0/s1. The van der Waals surface area contributed by atoms with Crippen molar-refractivity contribution in [1.29, 1.82) is 0 Å². The van der Waals surface area contributed by atoms with E-state index in [2.05, 4.69) is 47.4 Å². The molecule has 0 amide bonds. The highest BCUT2D eigenvalue weighted by Crippen LogP contribution is 2.31. The van der Waals surface area contributed by atoms with Gasteiger partial charge in [0.15, 0.2) is 0 Å². The first-order valence-electron chi connectivity index (χ1n) is 6.70. The lowest BCUT2D eigenvalue weighted by Crippen LogP contribution is -2.03. The second kappa shape index (κ2) is 5.66. The van der Waals surface area contributed by atoms with Crippen molar-refractivity contribution in [2.24, 2.45) is 0 Å². The first kappa shape index (κ1) is 12.5. The molecule has 2 nitrogen and oxygen atoms in total. The van der Waals surface area contributed by atoms with Crippen LogP contribution >= 0.6 is 0 Å². The van der Waals surface area contributed by atoms with Gasteiger partial charge < -0.3 is 9.72 Å². The summed E-state index contributed by atoms with van der Waals surface area (Å²) in [5.74, 6) is 1.10. The number of aromatic amines is 1. The van der Waals surface area contributed by atoms with Crippen molar-refractivity contribution in [2.45, 2.75) is 5.92 Å². The van der Waals surface area contributed by atoms with Gasteiger partial charge in [0, 0.05) is 17.8 Å². The number of hydrogen-bond donors (Lipinski definition) is 1. The summed E-state index contributed by atoms with van der Waals surface area (Å²) < 4.78 is 5.24. The van der Waals surface area contributed by atoms with Crippen LogP contribution in [0.15, 0.2) is 72.9 Å². The van der Waals surface area contributed by atoms with Gasteiger partial charge in [0.2, 0.25) is 0 Å². The van der Waals surface area contributed by atoms with Crippen LogP contribution in [-0.4, -0.2) is 12.1 Å². The van der Waals surface area contributed by atoms with E-state index in [-0.39, 0.29) is 5.92 Å². The molecule has 3 aromatic rings. The van der Waals surface area contributed by atoms with Crippen molar-refractivity contribution in [3.63, 3.8) is 0 Å². The molecule has 2 heteroatoms. The average Bonchev–Trinajstić information content (AvgIpc) is 3.03. The maximum absolute atomic E-state index is 5.24. The number of hydrogen-bond acceptors (Lipinski definition) is 1. The maximum atomic E-state index is 5.24. The van der Waals surface area contributed by atoms with Gasteiger partial charge in [-0.2, -0.15) is 0 Å². The van der Waals surface area contributed by atoms with Gasteiger partial charge in [0.05, 0.1) is 7.11 Å². The van der Waals surface area contributed by atoms with Crippen LogP contribution in [0.5, 0.6) is 5.75 Å². The van der Waals surface area contributed by atoms with Gasteiger partial charge >= 0.3 is 0 Å². The number of nitrogens with one attached hydrogen (secondary N) is 1. The van der Waals surface area contributed by atoms with Crippen molar-refractivity contribution in [3.8, 4) is 5.75 Å². The van der Waals surface area contributed by atoms with Crippen molar-refractivity contribution >= 4 is 0 Å². The zero-order valence-corrected chi connectivity index (χ0v) is 11.4. The molecule has 0 fully saturated rings. The highest BCUT2D eigenvalue weighted by molar-refractivity contribution is 5.42. The average molecular weight is 263 g/mol. The summed E-state index contributed by atoms with van der Waals surface area (Å²) in [6.45, 7) is 0. The minimum absolute atomic E-state index is 0.220. The summed E-state index contributed by atoms with van der Waals surface area (Å²) in [6.07, 6.45) is 1.97. The SMILES string of the molecule is COc1ccc([C@H](c2ccccc2)c2ccc[nH]2)cc1. The van der Waals surface area contributed by atoms with E-state index in [1.54, 1.807) is 7.11 Å². The molecule has 1 N–H and O–H groups in total. The summed E-state index contributed by atoms with van der Waals surface area (Å²) in [5.41, 5.74) is 3.72. The van der Waals surface area contributed by atoms with Crippen LogP contribution in [0.3, 0.4) is 0 Å². The molecule has 0 saturated carbocycles. The van der Waals surface area contributed by atoms with Gasteiger partial charge in [-0.15, -0.1) is 0 Å². The van der Waals surface area contributed by atoms with Crippen molar-refractivity contribution in [1.82, 2.24) is 4.98 Å². The number of ether oxygens (including phenoxy) is 1. The molecule has 3 rings (SSSR count). The summed E-state index contributed by atoms with van der Waals surface area (Å²) in [6, 6.07) is 23.0. The Morgan fingerprint density at radius 3 is 2.10 bits per heavy atom. The zero-order valence-electron chi connectivity index (χ0n) is 11.4. The molecule has 0 saturated heterocycles. The molecule has 2 aromatic carbocycles. The molecule has 0 unspecified atom stereocenters. The van der Waals surface area contributed by atoms with Crippen LogP contribution in [0.2, 0.25) is 0 Å². The van der Waals surface area contributed by atoms with E-state index >= 15 is 0 Å². The molecule has 100 valence electrons. The summed E-state index contributed by atoms with van der Waals surface area (Å²) in [5, 5.41) is 0. The lowest BCUT2D eigenvalue weighted by Gasteiger charge is -2.17. The fraction of sp³-hybridized carbons (Fsp3) is 0.111. The molecule has 1 aromatic heterocycles. The normalized spacial score (nSPS) is 12.1. The van der Waals surface area contributed by atoms with Gasteiger partial charge in [0.25, 0.3) is 0 Å². The predicted molar refractivity (Wildman–Crippen MR) is 81.2 cm³/mol. The highest BCUT2D eigenvalue weighted by Gasteiger charge is 2.17. The number of rotatable bonds is 4. The van der Waals surface area contributed by atoms with Crippen LogP contribution in [-0.2, 0) is 0 Å². The Morgan fingerprint density at radius 2 is 1.50 bits per heavy atom. The zero-order chi connectivity index (χ0) is 13.8. The van der Waals surface area contributed by atoms with E-state index in [4.69, 9.17) is 4.74 Å². The van der Waals surface area contributed by atoms with Crippen LogP contribution in [0.4, 0.5) is 0 Å². The smallest absolute Gasteiger partial charge is 0.118 e. The number of benzene rings is 2. The molecule has 20 heavy (non-hydrogen) atoms. The number of methoxy groups -OCH3 is 1. The largest absolute Gasteiger partial charge is 0.497 e. The van der Waals surface area contributed by atoms with Crippen molar-refractivity contribution in [3.05, 3.63) is 89.7 Å². The first-order chi connectivity index (χ1) is 9.88. The van der Waals surface area contributed by atoms with Gasteiger partial charge in [-0.25, -0.2) is 0 Å². The van der Waals surface area contributed by atoms with Crippen molar-refractivity contribution < 1.29 is 4.74 Å². The van der Waals surface area contributed by atoms with E-state index in [0.29, 0.717) is 0 Å². The second-order valence-corrected chi connectivity index (χ2v) is 4.74. The first-order valence-corrected chi connectivity index (χ1v) is 6.70. The lowest BCUT2D eigenvalue weighted by atomic mass is 9.88. The van der Waals surface area contributed by atoms with E-state index in [0.717, 1.165) is 5.75 Å². The summed E-state index contributed by atoms with van der Waals surface area (Å²) >= 11 is 0. The highest BCUT2D eigenvalue weighted by atomic mass is 16.5. The Labute approximate surface area is 119 Å². The molecule has 1 heterocycles. The fourth-order valence-electron chi connectivity index (χ4n) is 2.52. The molecule has 0 bridgehead atoms. The van der Waals surface area contributed by atoms with Gasteiger partial charge in [-0.1, -0.05) is 42.5 Å². The molecule has 0 aliphatic heterocycles. The van der Waals surface area contributed by atoms with E-state index in [1.807, 2.05) is 30.5 Å². The Hall–Kier alpha value is -2.48. The molecule has 0 aliphatic carbocycles. The molecule has 0 spiro atoms. The molecular weight excluding hydrogens is 246 g/mol.